The van der Waals surface area contributed by atoms with E-state index in [9.17, 15) is 19.2 Å². The van der Waals surface area contributed by atoms with E-state index in [2.05, 4.69) is 108 Å². The highest BCUT2D eigenvalue weighted by molar-refractivity contribution is 9.12. The van der Waals surface area contributed by atoms with Crippen LogP contribution < -0.4 is 10.6 Å². The molecular formula is C42H58Br2N2O10. The Kier molecular flexibility index (Phi) is 18.6. The molecule has 0 aromatic heterocycles. The van der Waals surface area contributed by atoms with E-state index < -0.39 is 36.5 Å². The van der Waals surface area contributed by atoms with E-state index in [0.717, 1.165) is 25.7 Å². The van der Waals surface area contributed by atoms with Crippen LogP contribution in [0.15, 0.2) is 20.4 Å². The number of rotatable bonds is 18. The van der Waals surface area contributed by atoms with Crippen LogP contribution in [0.1, 0.15) is 106 Å². The van der Waals surface area contributed by atoms with Crippen molar-refractivity contribution in [3.63, 3.8) is 0 Å². The molecule has 2 saturated carbocycles. The van der Waals surface area contributed by atoms with Gasteiger partial charge >= 0.3 is 23.9 Å². The number of carbonyl (C=O) groups is 4. The van der Waals surface area contributed by atoms with Gasteiger partial charge in [-0.05, 0) is 130 Å². The highest BCUT2D eigenvalue weighted by atomic mass is 79.9. The SMILES string of the molecule is CC(C)[C@@H]1CC[C@@H](C)C[C@H]1O[C@H]1OC(=O)C(Br)=C1NCCCC(=O)OCC#CC#CCOC(=O)CCCNC1=C(Br)C(=O)O[C@@H]1O[C@@H]1C[C@H](C)CC[C@H]1C(C)C. The van der Waals surface area contributed by atoms with Gasteiger partial charge in [0, 0.05) is 25.9 Å². The number of esters is 4. The Morgan fingerprint density at radius 1 is 0.696 bits per heavy atom. The van der Waals surface area contributed by atoms with Gasteiger partial charge in [-0.25, -0.2) is 9.59 Å². The summed E-state index contributed by atoms with van der Waals surface area (Å²) in [5.74, 6) is 11.5. The molecule has 4 rings (SSSR count). The first-order valence-electron chi connectivity index (χ1n) is 20.0. The molecule has 0 unspecified atom stereocenters. The van der Waals surface area contributed by atoms with Gasteiger partial charge in [-0.15, -0.1) is 0 Å². The second-order valence-corrected chi connectivity index (χ2v) is 17.5. The van der Waals surface area contributed by atoms with Crippen molar-refractivity contribution in [1.29, 1.82) is 0 Å². The van der Waals surface area contributed by atoms with Crippen LogP contribution in [0.25, 0.3) is 0 Å². The van der Waals surface area contributed by atoms with Crippen LogP contribution in [0.5, 0.6) is 0 Å². The quantitative estimate of drug-likeness (QED) is 0.0649. The minimum absolute atomic E-state index is 0.00176. The molecule has 56 heavy (non-hydrogen) atoms. The number of hydrogen-bond acceptors (Lipinski definition) is 12. The molecule has 0 saturated heterocycles. The van der Waals surface area contributed by atoms with Gasteiger partial charge in [0.1, 0.15) is 20.4 Å². The van der Waals surface area contributed by atoms with Crippen molar-refractivity contribution in [1.82, 2.24) is 10.6 Å². The predicted octanol–water partition coefficient (Wildman–Crippen LogP) is 6.75. The zero-order valence-corrected chi connectivity index (χ0v) is 36.7. The molecular weight excluding hydrogens is 852 g/mol. The van der Waals surface area contributed by atoms with Gasteiger partial charge in [0.25, 0.3) is 0 Å². The summed E-state index contributed by atoms with van der Waals surface area (Å²) in [6.07, 6.45) is 5.96. The molecule has 0 amide bonds. The number of nitrogens with one attached hydrogen (secondary N) is 2. The first kappa shape index (κ1) is 45.7. The van der Waals surface area contributed by atoms with E-state index in [0.29, 0.717) is 81.8 Å². The third-order valence-corrected chi connectivity index (χ3v) is 12.3. The maximum atomic E-state index is 12.3. The summed E-state index contributed by atoms with van der Waals surface area (Å²) < 4.78 is 34.7. The topological polar surface area (TPSA) is 148 Å². The Bertz CT molecular complexity index is 1470. The molecule has 2 N–H and O–H groups in total. The third-order valence-electron chi connectivity index (χ3n) is 10.8. The number of hydrogen-bond donors (Lipinski definition) is 2. The minimum Gasteiger partial charge on any atom is -0.452 e. The van der Waals surface area contributed by atoms with Crippen molar-refractivity contribution in [2.45, 2.75) is 131 Å². The van der Waals surface area contributed by atoms with Crippen LogP contribution in [0.3, 0.4) is 0 Å². The Balaban J connectivity index is 1.07. The molecule has 310 valence electrons. The van der Waals surface area contributed by atoms with Crippen LogP contribution in [-0.2, 0) is 47.6 Å². The van der Waals surface area contributed by atoms with Crippen LogP contribution >= 0.6 is 31.9 Å². The molecule has 0 aromatic rings. The zero-order chi connectivity index (χ0) is 40.8. The fraction of sp³-hybridized carbons (Fsp3) is 0.714. The Hall–Kier alpha value is -3.04. The number of cyclic esters (lactones) is 2. The number of ether oxygens (including phenoxy) is 6. The first-order chi connectivity index (χ1) is 26.7. The normalized spacial score (nSPS) is 27.6. The van der Waals surface area contributed by atoms with Gasteiger partial charge in [0.15, 0.2) is 13.2 Å². The lowest BCUT2D eigenvalue weighted by atomic mass is 9.75. The second kappa shape index (κ2) is 22.8. The minimum atomic E-state index is -0.808. The van der Waals surface area contributed by atoms with Gasteiger partial charge in [-0.1, -0.05) is 54.4 Å². The third kappa shape index (κ3) is 13.8. The highest BCUT2D eigenvalue weighted by Gasteiger charge is 2.41. The summed E-state index contributed by atoms with van der Waals surface area (Å²) in [5, 5.41) is 6.42. The summed E-state index contributed by atoms with van der Waals surface area (Å²) in [4.78, 5) is 49.0. The summed E-state index contributed by atoms with van der Waals surface area (Å²) >= 11 is 6.66. The van der Waals surface area contributed by atoms with E-state index in [4.69, 9.17) is 28.4 Å². The van der Waals surface area contributed by atoms with Gasteiger partial charge in [-0.3, -0.25) is 9.59 Å². The van der Waals surface area contributed by atoms with Crippen molar-refractivity contribution >= 4 is 55.7 Å². The first-order valence-corrected chi connectivity index (χ1v) is 21.6. The number of halogens is 2. The fourth-order valence-electron chi connectivity index (χ4n) is 7.67. The van der Waals surface area contributed by atoms with Gasteiger partial charge in [-0.2, -0.15) is 0 Å². The monoisotopic (exact) mass is 908 g/mol. The molecule has 0 aromatic carbocycles. The average Bonchev–Trinajstić information content (AvgIpc) is 3.56. The molecule has 14 heteroatoms. The van der Waals surface area contributed by atoms with Crippen molar-refractivity contribution < 1.29 is 47.6 Å². The van der Waals surface area contributed by atoms with Crippen molar-refractivity contribution in [2.24, 2.45) is 35.5 Å². The molecule has 12 nitrogen and oxygen atoms in total. The van der Waals surface area contributed by atoms with Crippen LogP contribution in [0.4, 0.5) is 0 Å². The maximum absolute atomic E-state index is 12.3. The summed E-state index contributed by atoms with van der Waals surface area (Å²) in [6.45, 7) is 13.8. The highest BCUT2D eigenvalue weighted by Crippen LogP contribution is 2.39. The Labute approximate surface area is 348 Å². The van der Waals surface area contributed by atoms with Gasteiger partial charge < -0.3 is 39.1 Å². The molecule has 2 aliphatic heterocycles. The predicted molar refractivity (Wildman–Crippen MR) is 216 cm³/mol. The molecule has 2 heterocycles. The Morgan fingerprint density at radius 2 is 1.09 bits per heavy atom. The maximum Gasteiger partial charge on any atom is 0.349 e. The smallest absolute Gasteiger partial charge is 0.349 e. The molecule has 2 fully saturated rings. The molecule has 4 aliphatic rings. The largest absolute Gasteiger partial charge is 0.452 e. The van der Waals surface area contributed by atoms with Crippen molar-refractivity contribution in [3.8, 4) is 23.7 Å². The second-order valence-electron chi connectivity index (χ2n) is 15.9. The molecule has 8 atom stereocenters. The van der Waals surface area contributed by atoms with E-state index in [-0.39, 0.29) is 38.3 Å². The summed E-state index contributed by atoms with van der Waals surface area (Å²) in [6, 6.07) is 0. The average molecular weight is 911 g/mol. The molecule has 2 aliphatic carbocycles. The lowest BCUT2D eigenvalue weighted by molar-refractivity contribution is -0.183. The zero-order valence-electron chi connectivity index (χ0n) is 33.5. The van der Waals surface area contributed by atoms with Crippen LogP contribution in [0, 0.1) is 59.2 Å². The van der Waals surface area contributed by atoms with Crippen LogP contribution in [-0.4, -0.2) is 75.0 Å². The van der Waals surface area contributed by atoms with E-state index in [1.54, 1.807) is 0 Å². The molecule has 0 spiro atoms. The van der Waals surface area contributed by atoms with E-state index in [1.807, 2.05) is 0 Å². The van der Waals surface area contributed by atoms with Crippen LogP contribution in [0.2, 0.25) is 0 Å². The summed E-state index contributed by atoms with van der Waals surface area (Å²) in [7, 11) is 0. The fourth-order valence-corrected chi connectivity index (χ4v) is 8.51. The van der Waals surface area contributed by atoms with Gasteiger partial charge in [0.05, 0.1) is 12.2 Å². The van der Waals surface area contributed by atoms with Gasteiger partial charge in [0.2, 0.25) is 12.6 Å². The molecule has 0 radical (unpaired) electrons. The number of carbonyl (C=O) groups excluding carboxylic acids is 4. The lowest BCUT2D eigenvalue weighted by Crippen LogP contribution is -2.39. The standard InChI is InChI=1S/C42H58Br2N2O10/c1-25(2)29-17-15-27(5)23-31(29)53-41-37(35(43)39(49)55-41)45-19-11-13-33(47)51-21-9-7-8-10-22-52-34(48)14-12-20-46-38-36(44)40(50)56-42(38)54-32-24-28(6)16-18-30(32)26(3)4/h25-32,41-42,45-46H,11-24H2,1-6H3/t27-,28-,29+,30+,31-,32-,41+,42+/m1/s1. The van der Waals surface area contributed by atoms with E-state index in [1.165, 1.54) is 12.8 Å². The Morgan fingerprint density at radius 3 is 1.46 bits per heavy atom. The van der Waals surface area contributed by atoms with Crippen molar-refractivity contribution in [2.75, 3.05) is 26.3 Å². The van der Waals surface area contributed by atoms with E-state index >= 15 is 0 Å². The molecule has 0 bridgehead atoms. The summed E-state index contributed by atoms with van der Waals surface area (Å²) in [5.41, 5.74) is 1.08. The lowest BCUT2D eigenvalue weighted by Gasteiger charge is -2.38. The van der Waals surface area contributed by atoms with Crippen molar-refractivity contribution in [3.05, 3.63) is 20.4 Å².